The average molecular weight is 347 g/mol. The Morgan fingerprint density at radius 3 is 2.77 bits per heavy atom. The van der Waals surface area contributed by atoms with Crippen molar-refractivity contribution in [2.24, 2.45) is 5.92 Å². The normalized spacial score (nSPS) is 12.7. The number of pyridine rings is 1. The molecule has 0 saturated heterocycles. The van der Waals surface area contributed by atoms with Crippen molar-refractivity contribution >= 4 is 22.5 Å². The quantitative estimate of drug-likeness (QED) is 0.578. The van der Waals surface area contributed by atoms with Gasteiger partial charge in [-0.1, -0.05) is 38.1 Å². The summed E-state index contributed by atoms with van der Waals surface area (Å²) in [7, 11) is 0. The first-order valence-electron chi connectivity index (χ1n) is 8.80. The Hall–Kier alpha value is -3.15. The number of nitrogens with zero attached hydrogens (tertiary/aromatic N) is 3. The van der Waals surface area contributed by atoms with Crippen LogP contribution in [-0.4, -0.2) is 25.5 Å². The highest BCUT2D eigenvalue weighted by Gasteiger charge is 2.22. The zero-order chi connectivity index (χ0) is 18.1. The number of carbonyl (C=O) groups excluding carboxylic acids is 1. The number of hydrogen-bond acceptors (Lipinski definition) is 3. The summed E-state index contributed by atoms with van der Waals surface area (Å²) in [5, 5.41) is 12.7. The Labute approximate surface area is 151 Å². The first-order chi connectivity index (χ1) is 12.6. The second kappa shape index (κ2) is 6.63. The van der Waals surface area contributed by atoms with Gasteiger partial charge in [-0.2, -0.15) is 0 Å². The molecule has 0 aliphatic heterocycles. The van der Waals surface area contributed by atoms with Gasteiger partial charge in [-0.3, -0.25) is 9.20 Å². The van der Waals surface area contributed by atoms with E-state index >= 15 is 0 Å². The van der Waals surface area contributed by atoms with Gasteiger partial charge >= 0.3 is 0 Å². The van der Waals surface area contributed by atoms with E-state index < -0.39 is 0 Å². The fraction of sp³-hybridized carbons (Fsp3) is 0.250. The average Bonchev–Trinajstić information content (AvgIpc) is 3.25. The summed E-state index contributed by atoms with van der Waals surface area (Å²) in [6, 6.07) is 15.3. The minimum Gasteiger partial charge on any atom is -0.351 e. The van der Waals surface area contributed by atoms with Gasteiger partial charge in [-0.05, 0) is 36.6 Å². The van der Waals surface area contributed by atoms with E-state index in [0.29, 0.717) is 11.6 Å². The van der Waals surface area contributed by atoms with Crippen LogP contribution in [-0.2, 0) is 0 Å². The third-order valence-electron chi connectivity index (χ3n) is 4.44. The summed E-state index contributed by atoms with van der Waals surface area (Å²) in [4.78, 5) is 16.0. The largest absolute Gasteiger partial charge is 0.351 e. The number of nitrogens with one attached hydrogen (secondary N) is 2. The molecule has 4 rings (SSSR count). The molecule has 4 aromatic rings. The molecule has 0 aliphatic rings. The van der Waals surface area contributed by atoms with Gasteiger partial charge in [-0.25, -0.2) is 0 Å². The van der Waals surface area contributed by atoms with Crippen molar-refractivity contribution < 1.29 is 4.79 Å². The summed E-state index contributed by atoms with van der Waals surface area (Å²) in [5.74, 6) is 1.01. The molecule has 1 amide bonds. The van der Waals surface area contributed by atoms with Crippen LogP contribution in [0.2, 0.25) is 0 Å². The SMILES string of the molecule is CC(C)C[C@@H](NC(=O)c1cc2ccccc2[nH]1)c1nnc2ccccn12. The summed E-state index contributed by atoms with van der Waals surface area (Å²) in [6.07, 6.45) is 2.70. The highest BCUT2D eigenvalue weighted by molar-refractivity contribution is 5.98. The third-order valence-corrected chi connectivity index (χ3v) is 4.44. The number of fused-ring (bicyclic) bond motifs is 2. The van der Waals surface area contributed by atoms with Gasteiger partial charge < -0.3 is 10.3 Å². The van der Waals surface area contributed by atoms with Crippen LogP contribution in [0.15, 0.2) is 54.7 Å². The number of benzene rings is 1. The monoisotopic (exact) mass is 347 g/mol. The topological polar surface area (TPSA) is 75.1 Å². The molecule has 1 aromatic carbocycles. The minimum absolute atomic E-state index is 0.139. The lowest BCUT2D eigenvalue weighted by Crippen LogP contribution is -2.31. The molecule has 3 aromatic heterocycles. The summed E-state index contributed by atoms with van der Waals surface area (Å²) in [5.41, 5.74) is 2.27. The molecule has 3 heterocycles. The van der Waals surface area contributed by atoms with E-state index in [4.69, 9.17) is 0 Å². The number of para-hydroxylation sites is 1. The maximum absolute atomic E-state index is 12.8. The van der Waals surface area contributed by atoms with Crippen molar-refractivity contribution in [3.05, 3.63) is 66.2 Å². The molecular formula is C20H21N5O. The lowest BCUT2D eigenvalue weighted by Gasteiger charge is -2.19. The third kappa shape index (κ3) is 3.06. The van der Waals surface area contributed by atoms with Crippen LogP contribution in [0.5, 0.6) is 0 Å². The molecule has 0 saturated carbocycles. The molecule has 6 heteroatoms. The number of rotatable bonds is 5. The minimum atomic E-state index is -0.216. The fourth-order valence-electron chi connectivity index (χ4n) is 3.23. The van der Waals surface area contributed by atoms with Crippen LogP contribution in [0.1, 0.15) is 42.6 Å². The molecule has 0 radical (unpaired) electrons. The Morgan fingerprint density at radius 1 is 1.15 bits per heavy atom. The highest BCUT2D eigenvalue weighted by Crippen LogP contribution is 2.22. The van der Waals surface area contributed by atoms with Gasteiger partial charge in [0.05, 0.1) is 6.04 Å². The standard InChI is InChI=1S/C20H21N5O/c1-13(2)11-16(19-24-23-18-9-5-6-10-25(18)19)22-20(26)17-12-14-7-3-4-8-15(14)21-17/h3-10,12-13,16,21H,11H2,1-2H3,(H,22,26)/t16-/m1/s1. The highest BCUT2D eigenvalue weighted by atomic mass is 16.2. The predicted molar refractivity (Wildman–Crippen MR) is 101 cm³/mol. The Morgan fingerprint density at radius 2 is 1.96 bits per heavy atom. The van der Waals surface area contributed by atoms with E-state index in [1.54, 1.807) is 0 Å². The van der Waals surface area contributed by atoms with Crippen LogP contribution >= 0.6 is 0 Å². The first-order valence-corrected chi connectivity index (χ1v) is 8.80. The first kappa shape index (κ1) is 16.3. The molecular weight excluding hydrogens is 326 g/mol. The van der Waals surface area contributed by atoms with Crippen molar-refractivity contribution in [1.82, 2.24) is 24.9 Å². The molecule has 0 unspecified atom stereocenters. The van der Waals surface area contributed by atoms with E-state index in [2.05, 4.69) is 34.3 Å². The van der Waals surface area contributed by atoms with Crippen molar-refractivity contribution in [3.63, 3.8) is 0 Å². The van der Waals surface area contributed by atoms with Gasteiger partial charge in [0.1, 0.15) is 5.69 Å². The van der Waals surface area contributed by atoms with Crippen molar-refractivity contribution in [2.75, 3.05) is 0 Å². The van der Waals surface area contributed by atoms with Gasteiger partial charge in [0.25, 0.3) is 5.91 Å². The van der Waals surface area contributed by atoms with E-state index in [1.165, 1.54) is 0 Å². The van der Waals surface area contributed by atoms with E-state index in [9.17, 15) is 4.79 Å². The summed E-state index contributed by atoms with van der Waals surface area (Å²) >= 11 is 0. The molecule has 2 N–H and O–H groups in total. The van der Waals surface area contributed by atoms with E-state index in [-0.39, 0.29) is 11.9 Å². The predicted octanol–water partition coefficient (Wildman–Crippen LogP) is 3.73. The summed E-state index contributed by atoms with van der Waals surface area (Å²) in [6.45, 7) is 4.26. The maximum Gasteiger partial charge on any atom is 0.268 e. The lowest BCUT2D eigenvalue weighted by atomic mass is 10.0. The van der Waals surface area contributed by atoms with Gasteiger partial charge in [-0.15, -0.1) is 10.2 Å². The lowest BCUT2D eigenvalue weighted by molar-refractivity contribution is 0.0925. The second-order valence-electron chi connectivity index (χ2n) is 6.91. The fourth-order valence-corrected chi connectivity index (χ4v) is 3.23. The summed E-state index contributed by atoms with van der Waals surface area (Å²) < 4.78 is 1.93. The molecule has 26 heavy (non-hydrogen) atoms. The zero-order valence-electron chi connectivity index (χ0n) is 14.8. The molecule has 0 bridgehead atoms. The van der Waals surface area contributed by atoms with Crippen LogP contribution < -0.4 is 5.32 Å². The number of aromatic amines is 1. The Bertz CT molecular complexity index is 1030. The van der Waals surface area contributed by atoms with Gasteiger partial charge in [0.15, 0.2) is 11.5 Å². The van der Waals surface area contributed by atoms with Crippen LogP contribution in [0, 0.1) is 5.92 Å². The van der Waals surface area contributed by atoms with Crippen molar-refractivity contribution in [1.29, 1.82) is 0 Å². The van der Waals surface area contributed by atoms with Crippen LogP contribution in [0.25, 0.3) is 16.6 Å². The van der Waals surface area contributed by atoms with Crippen LogP contribution in [0.4, 0.5) is 0 Å². The molecule has 132 valence electrons. The zero-order valence-corrected chi connectivity index (χ0v) is 14.8. The van der Waals surface area contributed by atoms with Crippen LogP contribution in [0.3, 0.4) is 0 Å². The second-order valence-corrected chi connectivity index (χ2v) is 6.91. The van der Waals surface area contributed by atoms with Gasteiger partial charge in [0.2, 0.25) is 0 Å². The Kier molecular flexibility index (Phi) is 4.16. The smallest absolute Gasteiger partial charge is 0.268 e. The molecule has 0 spiro atoms. The van der Waals surface area contributed by atoms with Gasteiger partial charge in [0, 0.05) is 17.1 Å². The molecule has 0 aliphatic carbocycles. The number of hydrogen-bond donors (Lipinski definition) is 2. The number of amides is 1. The van der Waals surface area contributed by atoms with E-state index in [1.807, 2.05) is 59.1 Å². The number of aromatic nitrogens is 4. The molecule has 0 fully saturated rings. The molecule has 6 nitrogen and oxygen atoms in total. The Balaban J connectivity index is 1.65. The van der Waals surface area contributed by atoms with Crippen molar-refractivity contribution in [2.45, 2.75) is 26.3 Å². The van der Waals surface area contributed by atoms with E-state index in [0.717, 1.165) is 28.8 Å². The maximum atomic E-state index is 12.8. The molecule has 1 atom stereocenters. The number of H-pyrrole nitrogens is 1. The number of carbonyl (C=O) groups is 1. The van der Waals surface area contributed by atoms with Crippen molar-refractivity contribution in [3.8, 4) is 0 Å².